The van der Waals surface area contributed by atoms with E-state index < -0.39 is 10.8 Å². The maximum atomic E-state index is 15.5. The maximum Gasteiger partial charge on any atom is 0.126 e. The third kappa shape index (κ3) is 7.48. The summed E-state index contributed by atoms with van der Waals surface area (Å²) in [6.45, 7) is 11.9. The van der Waals surface area contributed by atoms with E-state index in [1.54, 1.807) is 12.1 Å². The molecule has 2 aliphatic rings. The minimum absolute atomic E-state index is 0.241. The van der Waals surface area contributed by atoms with E-state index in [1.165, 1.54) is 5.56 Å². The molecule has 0 aliphatic heterocycles. The van der Waals surface area contributed by atoms with Gasteiger partial charge in [-0.15, -0.1) is 0 Å². The van der Waals surface area contributed by atoms with Gasteiger partial charge < -0.3 is 4.90 Å². The molecule has 0 saturated heterocycles. The summed E-state index contributed by atoms with van der Waals surface area (Å²) in [5.74, 6) is -0.482. The summed E-state index contributed by atoms with van der Waals surface area (Å²) in [6.07, 6.45) is 3.74. The predicted molar refractivity (Wildman–Crippen MR) is 316 cm³/mol. The first kappa shape index (κ1) is 47.3. The molecule has 1 nitrogen and oxygen atoms in total. The Morgan fingerprint density at radius 3 is 1.17 bits per heavy atom. The zero-order valence-corrected chi connectivity index (χ0v) is 42.9. The molecule has 11 aromatic rings. The molecule has 0 N–H and O–H groups in total. The standard InChI is InChI=1S/C74H53F2N/c1-5-50-23-29-56(30-24-50)73(58-33-41-71(75)48(3)43-58)67-21-12-10-19-63(67)65-39-37-61(46-69(65)73)77(60-35-27-53(28-36-60)55-18-14-17-54(45-55)52-15-8-7-9-16-52)62-38-40-66-64-20-11-13-22-68(64)74(70(66)47-62,57-31-25-51(6-2)26-32-57)59-34-42-72(76)49(4)44-59/h5-47H,1-2H2,3-4H3. The van der Waals surface area contributed by atoms with Crippen LogP contribution in [0.25, 0.3) is 56.7 Å². The Morgan fingerprint density at radius 1 is 0.325 bits per heavy atom. The van der Waals surface area contributed by atoms with E-state index in [9.17, 15) is 0 Å². The molecule has 0 fully saturated rings. The topological polar surface area (TPSA) is 3.24 Å². The van der Waals surface area contributed by atoms with E-state index in [0.29, 0.717) is 11.1 Å². The van der Waals surface area contributed by atoms with Gasteiger partial charge >= 0.3 is 0 Å². The number of benzene rings is 11. The molecule has 0 aromatic heterocycles. The molecule has 2 aliphatic carbocycles. The maximum absolute atomic E-state index is 15.5. The van der Waals surface area contributed by atoms with Gasteiger partial charge in [0.05, 0.1) is 10.8 Å². The lowest BCUT2D eigenvalue weighted by Crippen LogP contribution is -2.29. The summed E-state index contributed by atoms with van der Waals surface area (Å²) in [6, 6.07) is 87.7. The van der Waals surface area contributed by atoms with Gasteiger partial charge in [0, 0.05) is 17.1 Å². The van der Waals surface area contributed by atoms with Gasteiger partial charge in [0.25, 0.3) is 0 Å². The summed E-state index contributed by atoms with van der Waals surface area (Å²) < 4.78 is 30.9. The molecular formula is C74H53F2N. The van der Waals surface area contributed by atoms with Crippen molar-refractivity contribution in [1.82, 2.24) is 0 Å². The number of aryl methyl sites for hydroxylation is 2. The van der Waals surface area contributed by atoms with Crippen LogP contribution in [0.4, 0.5) is 25.8 Å². The van der Waals surface area contributed by atoms with Crippen LogP contribution >= 0.6 is 0 Å². The third-order valence-corrected chi connectivity index (χ3v) is 16.3. The summed E-state index contributed by atoms with van der Waals surface area (Å²) in [5.41, 5.74) is 22.1. The largest absolute Gasteiger partial charge is 0.310 e. The van der Waals surface area contributed by atoms with Crippen LogP contribution in [0.15, 0.2) is 262 Å². The molecular weight excluding hydrogens is 941 g/mol. The molecule has 0 spiro atoms. The fourth-order valence-corrected chi connectivity index (χ4v) is 12.6. The fourth-order valence-electron chi connectivity index (χ4n) is 12.6. The van der Waals surface area contributed by atoms with Crippen molar-refractivity contribution in [3.63, 3.8) is 0 Å². The number of nitrogens with zero attached hydrogens (tertiary/aromatic N) is 1. The number of hydrogen-bond acceptors (Lipinski definition) is 1. The molecule has 0 bridgehead atoms. The first-order chi connectivity index (χ1) is 37.7. The van der Waals surface area contributed by atoms with Crippen molar-refractivity contribution in [2.75, 3.05) is 4.90 Å². The minimum atomic E-state index is -0.813. The van der Waals surface area contributed by atoms with Crippen molar-refractivity contribution in [3.8, 4) is 44.5 Å². The molecule has 3 heteroatoms. The van der Waals surface area contributed by atoms with Gasteiger partial charge in [-0.05, 0) is 180 Å². The molecule has 0 radical (unpaired) electrons. The van der Waals surface area contributed by atoms with Crippen LogP contribution in [0.1, 0.15) is 66.8 Å². The molecule has 13 rings (SSSR count). The van der Waals surface area contributed by atoms with Crippen molar-refractivity contribution in [2.45, 2.75) is 24.7 Å². The lowest BCUT2D eigenvalue weighted by molar-refractivity contribution is 0.615. The Morgan fingerprint density at radius 2 is 0.714 bits per heavy atom. The first-order valence-corrected chi connectivity index (χ1v) is 26.2. The lowest BCUT2D eigenvalue weighted by Gasteiger charge is -2.36. The summed E-state index contributed by atoms with van der Waals surface area (Å²) >= 11 is 0. The van der Waals surface area contributed by atoms with Crippen LogP contribution in [0.3, 0.4) is 0 Å². The Balaban J connectivity index is 1.07. The Kier molecular flexibility index (Phi) is 11.5. The number of anilines is 3. The molecule has 0 amide bonds. The minimum Gasteiger partial charge on any atom is -0.310 e. The second-order valence-corrected chi connectivity index (χ2v) is 20.5. The van der Waals surface area contributed by atoms with Crippen LogP contribution in [0.5, 0.6) is 0 Å². The van der Waals surface area contributed by atoms with Gasteiger partial charge in [0.15, 0.2) is 0 Å². The van der Waals surface area contributed by atoms with Gasteiger partial charge in [-0.2, -0.15) is 0 Å². The second kappa shape index (κ2) is 18.7. The quantitative estimate of drug-likeness (QED) is 0.125. The van der Waals surface area contributed by atoms with Crippen LogP contribution < -0.4 is 4.90 Å². The second-order valence-electron chi connectivity index (χ2n) is 20.5. The number of hydrogen-bond donors (Lipinski definition) is 0. The van der Waals surface area contributed by atoms with E-state index >= 15 is 8.78 Å². The van der Waals surface area contributed by atoms with Crippen molar-refractivity contribution >= 4 is 29.2 Å². The molecule has 368 valence electrons. The van der Waals surface area contributed by atoms with Gasteiger partial charge in [0.2, 0.25) is 0 Å². The van der Waals surface area contributed by atoms with Crippen molar-refractivity contribution in [1.29, 1.82) is 0 Å². The molecule has 77 heavy (non-hydrogen) atoms. The van der Waals surface area contributed by atoms with E-state index in [0.717, 1.165) is 112 Å². The van der Waals surface area contributed by atoms with Crippen LogP contribution in [-0.2, 0) is 10.8 Å². The van der Waals surface area contributed by atoms with E-state index in [2.05, 4.69) is 224 Å². The smallest absolute Gasteiger partial charge is 0.126 e. The van der Waals surface area contributed by atoms with E-state index in [-0.39, 0.29) is 11.6 Å². The van der Waals surface area contributed by atoms with Gasteiger partial charge in [0.1, 0.15) is 11.6 Å². The normalized spacial score (nSPS) is 15.7. The molecule has 2 atom stereocenters. The molecule has 2 unspecified atom stereocenters. The average molecular weight is 994 g/mol. The molecule has 0 saturated carbocycles. The van der Waals surface area contributed by atoms with Crippen LogP contribution in [-0.4, -0.2) is 0 Å². The third-order valence-electron chi connectivity index (χ3n) is 16.3. The van der Waals surface area contributed by atoms with Gasteiger partial charge in [-0.3, -0.25) is 0 Å². The average Bonchev–Trinajstić information content (AvgIpc) is 3.98. The summed E-state index contributed by atoms with van der Waals surface area (Å²) in [4.78, 5) is 2.37. The fraction of sp³-hybridized carbons (Fsp3) is 0.0541. The Bertz CT molecular complexity index is 3910. The highest BCUT2D eigenvalue weighted by atomic mass is 19.1. The number of rotatable bonds is 11. The van der Waals surface area contributed by atoms with Crippen molar-refractivity contribution in [2.24, 2.45) is 0 Å². The van der Waals surface area contributed by atoms with E-state index in [4.69, 9.17) is 0 Å². The van der Waals surface area contributed by atoms with Crippen LogP contribution in [0, 0.1) is 25.5 Å². The van der Waals surface area contributed by atoms with E-state index in [1.807, 2.05) is 56.3 Å². The summed E-state index contributed by atoms with van der Waals surface area (Å²) in [7, 11) is 0. The SMILES string of the molecule is C=Cc1ccc(C2(c3ccc(F)c(C)c3)c3ccccc3-c3ccc(N(c4ccc(-c5cccc(-c6ccccc6)c5)cc4)c4ccc5c(c4)C(c4ccc(C=C)cc4)(c4ccc(F)c(C)c4)c4ccccc4-5)cc32)cc1. The highest BCUT2D eigenvalue weighted by Gasteiger charge is 2.48. The van der Waals surface area contributed by atoms with Crippen LogP contribution in [0.2, 0.25) is 0 Å². The highest BCUT2D eigenvalue weighted by Crippen LogP contribution is 2.60. The van der Waals surface area contributed by atoms with Gasteiger partial charge in [-0.25, -0.2) is 8.78 Å². The monoisotopic (exact) mass is 993 g/mol. The Labute approximate surface area is 450 Å². The number of halogens is 2. The predicted octanol–water partition coefficient (Wildman–Crippen LogP) is 19.4. The molecule has 11 aromatic carbocycles. The molecule has 0 heterocycles. The first-order valence-electron chi connectivity index (χ1n) is 26.2. The Hall–Kier alpha value is -9.44. The number of fused-ring (bicyclic) bond motifs is 6. The highest BCUT2D eigenvalue weighted by molar-refractivity contribution is 5.93. The van der Waals surface area contributed by atoms with Gasteiger partial charge in [-0.1, -0.05) is 219 Å². The van der Waals surface area contributed by atoms with Crippen molar-refractivity contribution in [3.05, 3.63) is 340 Å². The van der Waals surface area contributed by atoms with Crippen molar-refractivity contribution < 1.29 is 8.78 Å². The zero-order chi connectivity index (χ0) is 52.4. The zero-order valence-electron chi connectivity index (χ0n) is 42.9. The summed E-state index contributed by atoms with van der Waals surface area (Å²) in [5, 5.41) is 0. The lowest BCUT2D eigenvalue weighted by atomic mass is 9.67.